The van der Waals surface area contributed by atoms with Gasteiger partial charge in [0.1, 0.15) is 5.71 Å². The van der Waals surface area contributed by atoms with E-state index in [4.69, 9.17) is 4.74 Å². The van der Waals surface area contributed by atoms with E-state index in [0.29, 0.717) is 12.3 Å². The van der Waals surface area contributed by atoms with Crippen LogP contribution >= 0.6 is 0 Å². The number of benzene rings is 1. The molecule has 0 unspecified atom stereocenters. The van der Waals surface area contributed by atoms with E-state index in [1.165, 1.54) is 0 Å². The third kappa shape index (κ3) is 3.01. The highest BCUT2D eigenvalue weighted by Gasteiger charge is 2.05. The van der Waals surface area contributed by atoms with Crippen LogP contribution < -0.4 is 0 Å². The molecule has 1 rings (SSSR count). The Labute approximate surface area is 83.4 Å². The maximum atomic E-state index is 11.2. The lowest BCUT2D eigenvalue weighted by molar-refractivity contribution is -0.135. The standard InChI is InChI=1S/C11H13NO2/c1-3-14-11(13)9(2)12-10-7-5-4-6-8-10/h4-8H,3H2,1-2H3. The van der Waals surface area contributed by atoms with Gasteiger partial charge < -0.3 is 4.74 Å². The van der Waals surface area contributed by atoms with Crippen molar-refractivity contribution in [1.82, 2.24) is 0 Å². The molecule has 1 aromatic rings. The fourth-order valence-electron chi connectivity index (χ4n) is 0.977. The number of carbonyl (C=O) groups excluding carboxylic acids is 1. The molecule has 1 aromatic carbocycles. The van der Waals surface area contributed by atoms with Crippen LogP contribution in [0.25, 0.3) is 0 Å². The summed E-state index contributed by atoms with van der Waals surface area (Å²) in [5, 5.41) is 0. The number of hydrogen-bond donors (Lipinski definition) is 0. The van der Waals surface area contributed by atoms with E-state index in [1.807, 2.05) is 30.3 Å². The molecule has 0 radical (unpaired) electrons. The van der Waals surface area contributed by atoms with Gasteiger partial charge in [-0.15, -0.1) is 0 Å². The van der Waals surface area contributed by atoms with Crippen LogP contribution in [-0.2, 0) is 9.53 Å². The van der Waals surface area contributed by atoms with Crippen molar-refractivity contribution >= 4 is 17.4 Å². The van der Waals surface area contributed by atoms with Crippen molar-refractivity contribution in [2.45, 2.75) is 13.8 Å². The van der Waals surface area contributed by atoms with Crippen LogP contribution in [0.3, 0.4) is 0 Å². The summed E-state index contributed by atoms with van der Waals surface area (Å²) < 4.78 is 4.81. The number of aliphatic imine (C=N–C) groups is 1. The van der Waals surface area contributed by atoms with Crippen LogP contribution in [0.4, 0.5) is 5.69 Å². The molecule has 0 aromatic heterocycles. The second-order valence-corrected chi connectivity index (χ2v) is 2.75. The highest BCUT2D eigenvalue weighted by molar-refractivity contribution is 6.35. The molecule has 0 amide bonds. The Morgan fingerprint density at radius 1 is 1.36 bits per heavy atom. The fourth-order valence-corrected chi connectivity index (χ4v) is 0.977. The first-order chi connectivity index (χ1) is 6.74. The quantitative estimate of drug-likeness (QED) is 0.543. The zero-order valence-corrected chi connectivity index (χ0v) is 8.36. The second kappa shape index (κ2) is 5.17. The SMILES string of the molecule is CCOC(=O)C(C)=Nc1ccccc1. The lowest BCUT2D eigenvalue weighted by Gasteiger charge is -2.00. The average Bonchev–Trinajstić information content (AvgIpc) is 2.19. The third-order valence-corrected chi connectivity index (χ3v) is 1.62. The molecule has 0 atom stereocenters. The van der Waals surface area contributed by atoms with Crippen molar-refractivity contribution < 1.29 is 9.53 Å². The Morgan fingerprint density at radius 2 is 2.00 bits per heavy atom. The summed E-state index contributed by atoms with van der Waals surface area (Å²) in [6.07, 6.45) is 0. The molecule has 0 bridgehead atoms. The Balaban J connectivity index is 2.74. The maximum Gasteiger partial charge on any atom is 0.352 e. The molecular formula is C11H13NO2. The molecule has 0 saturated carbocycles. The van der Waals surface area contributed by atoms with E-state index >= 15 is 0 Å². The summed E-state index contributed by atoms with van der Waals surface area (Å²) in [7, 11) is 0. The summed E-state index contributed by atoms with van der Waals surface area (Å²) >= 11 is 0. The minimum absolute atomic E-state index is 0.364. The fraction of sp³-hybridized carbons (Fsp3) is 0.273. The average molecular weight is 191 g/mol. The van der Waals surface area contributed by atoms with Crippen LogP contribution in [0.5, 0.6) is 0 Å². The number of rotatable bonds is 3. The molecule has 14 heavy (non-hydrogen) atoms. The van der Waals surface area contributed by atoms with E-state index in [9.17, 15) is 4.79 Å². The summed E-state index contributed by atoms with van der Waals surface area (Å²) in [5.74, 6) is -0.364. The van der Waals surface area contributed by atoms with E-state index in [1.54, 1.807) is 13.8 Å². The predicted molar refractivity (Wildman–Crippen MR) is 55.8 cm³/mol. The molecule has 0 aliphatic rings. The summed E-state index contributed by atoms with van der Waals surface area (Å²) in [5.41, 5.74) is 1.14. The number of ether oxygens (including phenoxy) is 1. The molecule has 0 heterocycles. The Morgan fingerprint density at radius 3 is 2.57 bits per heavy atom. The highest BCUT2D eigenvalue weighted by atomic mass is 16.5. The van der Waals surface area contributed by atoms with Crippen LogP contribution in [0, 0.1) is 0 Å². The smallest absolute Gasteiger partial charge is 0.352 e. The Kier molecular flexibility index (Phi) is 3.85. The van der Waals surface area contributed by atoms with Crippen molar-refractivity contribution in [2.75, 3.05) is 6.61 Å². The van der Waals surface area contributed by atoms with Gasteiger partial charge in [-0.25, -0.2) is 9.79 Å². The topological polar surface area (TPSA) is 38.7 Å². The molecule has 74 valence electrons. The van der Waals surface area contributed by atoms with Gasteiger partial charge in [-0.1, -0.05) is 18.2 Å². The molecule has 0 N–H and O–H groups in total. The van der Waals surface area contributed by atoms with Gasteiger partial charge in [0.15, 0.2) is 0 Å². The summed E-state index contributed by atoms with van der Waals surface area (Å²) in [6.45, 7) is 3.79. The van der Waals surface area contributed by atoms with Crippen LogP contribution in [0.15, 0.2) is 35.3 Å². The molecule has 0 aliphatic heterocycles. The number of para-hydroxylation sites is 1. The van der Waals surface area contributed by atoms with Gasteiger partial charge in [0, 0.05) is 0 Å². The molecule has 0 saturated heterocycles. The van der Waals surface area contributed by atoms with E-state index < -0.39 is 0 Å². The van der Waals surface area contributed by atoms with Crippen molar-refractivity contribution in [1.29, 1.82) is 0 Å². The van der Waals surface area contributed by atoms with Gasteiger partial charge in [-0.05, 0) is 26.0 Å². The van der Waals surface area contributed by atoms with E-state index in [-0.39, 0.29) is 5.97 Å². The van der Waals surface area contributed by atoms with Crippen molar-refractivity contribution in [2.24, 2.45) is 4.99 Å². The number of hydrogen-bond acceptors (Lipinski definition) is 3. The minimum atomic E-state index is -0.364. The van der Waals surface area contributed by atoms with E-state index in [0.717, 1.165) is 5.69 Å². The van der Waals surface area contributed by atoms with Gasteiger partial charge in [-0.3, -0.25) is 0 Å². The number of esters is 1. The van der Waals surface area contributed by atoms with Gasteiger partial charge in [0.05, 0.1) is 12.3 Å². The van der Waals surface area contributed by atoms with Crippen LogP contribution in [-0.4, -0.2) is 18.3 Å². The highest BCUT2D eigenvalue weighted by Crippen LogP contribution is 2.10. The third-order valence-electron chi connectivity index (χ3n) is 1.62. The van der Waals surface area contributed by atoms with Crippen LogP contribution in [0.1, 0.15) is 13.8 Å². The van der Waals surface area contributed by atoms with Crippen molar-refractivity contribution in [3.8, 4) is 0 Å². The summed E-state index contributed by atoms with van der Waals surface area (Å²) in [4.78, 5) is 15.3. The minimum Gasteiger partial charge on any atom is -0.462 e. The number of carbonyl (C=O) groups is 1. The van der Waals surface area contributed by atoms with Crippen molar-refractivity contribution in [3.63, 3.8) is 0 Å². The van der Waals surface area contributed by atoms with Gasteiger partial charge in [-0.2, -0.15) is 0 Å². The first kappa shape index (κ1) is 10.4. The monoisotopic (exact) mass is 191 g/mol. The normalized spacial score (nSPS) is 11.1. The van der Waals surface area contributed by atoms with E-state index in [2.05, 4.69) is 4.99 Å². The number of nitrogens with zero attached hydrogens (tertiary/aromatic N) is 1. The molecule has 0 aliphatic carbocycles. The molecule has 3 nitrogen and oxygen atoms in total. The Bertz CT molecular complexity index is 330. The maximum absolute atomic E-state index is 11.2. The predicted octanol–water partition coefficient (Wildman–Crippen LogP) is 2.34. The largest absolute Gasteiger partial charge is 0.462 e. The van der Waals surface area contributed by atoms with Crippen LogP contribution in [0.2, 0.25) is 0 Å². The first-order valence-electron chi connectivity index (χ1n) is 4.51. The molecule has 0 fully saturated rings. The first-order valence-corrected chi connectivity index (χ1v) is 4.51. The van der Waals surface area contributed by atoms with Crippen molar-refractivity contribution in [3.05, 3.63) is 30.3 Å². The van der Waals surface area contributed by atoms with Gasteiger partial charge in [0.25, 0.3) is 0 Å². The second-order valence-electron chi connectivity index (χ2n) is 2.75. The van der Waals surface area contributed by atoms with Gasteiger partial charge >= 0.3 is 5.97 Å². The lowest BCUT2D eigenvalue weighted by atomic mass is 10.3. The molecule has 0 spiro atoms. The molecular weight excluding hydrogens is 178 g/mol. The zero-order chi connectivity index (χ0) is 10.4. The van der Waals surface area contributed by atoms with Gasteiger partial charge in [0.2, 0.25) is 0 Å². The molecule has 3 heteroatoms. The summed E-state index contributed by atoms with van der Waals surface area (Å²) in [6, 6.07) is 9.32. The zero-order valence-electron chi connectivity index (χ0n) is 8.36. The lowest BCUT2D eigenvalue weighted by Crippen LogP contribution is -2.13. The Hall–Kier alpha value is -1.64.